The molecule has 120 valence electrons. The van der Waals surface area contributed by atoms with E-state index in [4.69, 9.17) is 0 Å². The Bertz CT molecular complexity index is 791. The molecular formula is C21H19NO2. The van der Waals surface area contributed by atoms with Crippen LogP contribution in [0.2, 0.25) is 0 Å². The van der Waals surface area contributed by atoms with Crippen molar-refractivity contribution in [2.75, 3.05) is 5.32 Å². The van der Waals surface area contributed by atoms with E-state index in [0.717, 1.165) is 22.4 Å². The average Bonchev–Trinajstić information content (AvgIpc) is 2.59. The van der Waals surface area contributed by atoms with Gasteiger partial charge in [-0.05, 0) is 28.8 Å². The molecule has 1 aliphatic rings. The first kappa shape index (κ1) is 15.8. The van der Waals surface area contributed by atoms with Gasteiger partial charge in [-0.25, -0.2) is 0 Å². The van der Waals surface area contributed by atoms with Gasteiger partial charge >= 0.3 is 5.97 Å². The number of carboxylic acids is 1. The molecule has 0 aliphatic heterocycles. The second-order valence-electron chi connectivity index (χ2n) is 5.73. The second-order valence-corrected chi connectivity index (χ2v) is 5.73. The maximum absolute atomic E-state index is 12.0. The fourth-order valence-corrected chi connectivity index (χ4v) is 2.95. The minimum absolute atomic E-state index is 0.251. The largest absolute Gasteiger partial charge is 0.481 e. The molecule has 3 nitrogen and oxygen atoms in total. The molecule has 0 fully saturated rings. The first-order chi connectivity index (χ1) is 11.7. The van der Waals surface area contributed by atoms with Gasteiger partial charge in [0, 0.05) is 5.69 Å². The number of anilines is 1. The second kappa shape index (κ2) is 7.01. The number of benzene rings is 2. The zero-order valence-corrected chi connectivity index (χ0v) is 13.2. The number of carbonyl (C=O) groups is 1. The van der Waals surface area contributed by atoms with E-state index in [1.54, 1.807) is 0 Å². The minimum Gasteiger partial charge on any atom is -0.481 e. The number of nitrogens with one attached hydrogen (secondary N) is 1. The highest BCUT2D eigenvalue weighted by molar-refractivity contribution is 5.81. The highest BCUT2D eigenvalue weighted by Crippen LogP contribution is 2.33. The molecule has 0 spiro atoms. The molecule has 2 aromatic carbocycles. The van der Waals surface area contributed by atoms with Crippen molar-refractivity contribution in [3.63, 3.8) is 0 Å². The van der Waals surface area contributed by atoms with Gasteiger partial charge in [0.25, 0.3) is 0 Å². The smallest absolute Gasteiger partial charge is 0.315 e. The lowest BCUT2D eigenvalue weighted by molar-refractivity contribution is -0.137. The molecule has 0 amide bonds. The van der Waals surface area contributed by atoms with Gasteiger partial charge in [-0.15, -0.1) is 0 Å². The van der Waals surface area contributed by atoms with E-state index in [1.807, 2.05) is 78.9 Å². The summed E-state index contributed by atoms with van der Waals surface area (Å²) in [6, 6.07) is 18.8. The third-order valence-electron chi connectivity index (χ3n) is 4.10. The van der Waals surface area contributed by atoms with E-state index in [1.165, 1.54) is 0 Å². The Morgan fingerprint density at radius 2 is 1.67 bits per heavy atom. The zero-order chi connectivity index (χ0) is 16.9. The van der Waals surface area contributed by atoms with E-state index in [2.05, 4.69) is 11.9 Å². The van der Waals surface area contributed by atoms with Crippen LogP contribution in [0.1, 0.15) is 11.5 Å². The molecule has 24 heavy (non-hydrogen) atoms. The van der Waals surface area contributed by atoms with Gasteiger partial charge in [0.15, 0.2) is 0 Å². The Kier molecular flexibility index (Phi) is 4.62. The summed E-state index contributed by atoms with van der Waals surface area (Å²) in [6.45, 7) is 4.09. The molecule has 0 radical (unpaired) electrons. The van der Waals surface area contributed by atoms with Crippen molar-refractivity contribution >= 4 is 11.7 Å². The van der Waals surface area contributed by atoms with Crippen LogP contribution in [0.5, 0.6) is 0 Å². The van der Waals surface area contributed by atoms with Gasteiger partial charge in [0.2, 0.25) is 0 Å². The Balaban J connectivity index is 1.98. The van der Waals surface area contributed by atoms with E-state index in [0.29, 0.717) is 0 Å². The van der Waals surface area contributed by atoms with Crippen molar-refractivity contribution in [3.05, 3.63) is 102 Å². The molecule has 0 aromatic heterocycles. The van der Waals surface area contributed by atoms with Crippen LogP contribution in [-0.4, -0.2) is 17.1 Å². The van der Waals surface area contributed by atoms with Crippen LogP contribution in [0.25, 0.3) is 0 Å². The van der Waals surface area contributed by atoms with E-state index in [-0.39, 0.29) is 6.04 Å². The Hall–Kier alpha value is -3.07. The van der Waals surface area contributed by atoms with Crippen LogP contribution >= 0.6 is 0 Å². The van der Waals surface area contributed by atoms with Crippen molar-refractivity contribution < 1.29 is 9.90 Å². The van der Waals surface area contributed by atoms with Crippen LogP contribution < -0.4 is 5.32 Å². The molecule has 0 heterocycles. The number of allylic oxidation sites excluding steroid dienone is 2. The summed E-state index contributed by atoms with van der Waals surface area (Å²) in [7, 11) is 0. The van der Waals surface area contributed by atoms with Gasteiger partial charge in [-0.1, -0.05) is 73.3 Å². The normalized spacial score (nSPS) is 17.9. The first-order valence-corrected chi connectivity index (χ1v) is 7.83. The van der Waals surface area contributed by atoms with Crippen molar-refractivity contribution in [1.82, 2.24) is 0 Å². The molecule has 2 aromatic rings. The van der Waals surface area contributed by atoms with E-state index < -0.39 is 11.9 Å². The Morgan fingerprint density at radius 3 is 2.29 bits per heavy atom. The van der Waals surface area contributed by atoms with Crippen molar-refractivity contribution in [1.29, 1.82) is 0 Å². The van der Waals surface area contributed by atoms with E-state index in [9.17, 15) is 9.90 Å². The van der Waals surface area contributed by atoms with Crippen molar-refractivity contribution in [2.45, 2.75) is 12.0 Å². The lowest BCUT2D eigenvalue weighted by Gasteiger charge is -2.29. The highest BCUT2D eigenvalue weighted by atomic mass is 16.4. The van der Waals surface area contributed by atoms with Gasteiger partial charge in [0.05, 0.1) is 6.04 Å². The maximum Gasteiger partial charge on any atom is 0.315 e. The fraction of sp³-hybridized carbons (Fsp3) is 0.0952. The fourth-order valence-electron chi connectivity index (χ4n) is 2.95. The van der Waals surface area contributed by atoms with Crippen molar-refractivity contribution in [2.24, 2.45) is 0 Å². The third kappa shape index (κ3) is 3.30. The Morgan fingerprint density at radius 1 is 1.04 bits per heavy atom. The summed E-state index contributed by atoms with van der Waals surface area (Å²) >= 11 is 0. The van der Waals surface area contributed by atoms with Gasteiger partial charge < -0.3 is 10.4 Å². The standard InChI is InChI=1S/C21H19NO2/c1-15-9-8-14-18(20(15)22-17-12-6-3-7-13-17)19(21(23)24)16-10-4-2-5-11-16/h2-14,19-20,22H,1H2,(H,23,24). The molecular weight excluding hydrogens is 298 g/mol. The molecule has 0 saturated heterocycles. The SMILES string of the molecule is C=C1C=CC=C(C(C(=O)O)c2ccccc2)C1Nc1ccccc1. The monoisotopic (exact) mass is 317 g/mol. The lowest BCUT2D eigenvalue weighted by atomic mass is 9.81. The number of aliphatic carboxylic acids is 1. The quantitative estimate of drug-likeness (QED) is 0.860. The van der Waals surface area contributed by atoms with Crippen LogP contribution in [0, 0.1) is 0 Å². The summed E-state index contributed by atoms with van der Waals surface area (Å²) in [5, 5.41) is 13.2. The molecule has 1 aliphatic carbocycles. The summed E-state index contributed by atoms with van der Waals surface area (Å²) < 4.78 is 0. The van der Waals surface area contributed by atoms with Crippen LogP contribution in [0.4, 0.5) is 5.69 Å². The average molecular weight is 317 g/mol. The first-order valence-electron chi connectivity index (χ1n) is 7.83. The summed E-state index contributed by atoms with van der Waals surface area (Å²) in [5.74, 6) is -1.58. The lowest BCUT2D eigenvalue weighted by Crippen LogP contribution is -2.31. The van der Waals surface area contributed by atoms with Crippen LogP contribution in [-0.2, 0) is 4.79 Å². The number of rotatable bonds is 5. The predicted molar refractivity (Wildman–Crippen MR) is 97.0 cm³/mol. The van der Waals surface area contributed by atoms with Crippen LogP contribution in [0.15, 0.2) is 96.6 Å². The van der Waals surface area contributed by atoms with Crippen LogP contribution in [0.3, 0.4) is 0 Å². The van der Waals surface area contributed by atoms with E-state index >= 15 is 0 Å². The molecule has 3 heteroatoms. The summed E-state index contributed by atoms with van der Waals surface area (Å²) in [4.78, 5) is 12.0. The van der Waals surface area contributed by atoms with Gasteiger partial charge in [-0.2, -0.15) is 0 Å². The topological polar surface area (TPSA) is 49.3 Å². The van der Waals surface area contributed by atoms with Gasteiger partial charge in [0.1, 0.15) is 5.92 Å². The highest BCUT2D eigenvalue weighted by Gasteiger charge is 2.31. The molecule has 2 atom stereocenters. The molecule has 2 N–H and O–H groups in total. The van der Waals surface area contributed by atoms with Crippen molar-refractivity contribution in [3.8, 4) is 0 Å². The molecule has 0 bridgehead atoms. The molecule has 2 unspecified atom stereocenters. The maximum atomic E-state index is 12.0. The minimum atomic E-state index is -0.865. The Labute approximate surface area is 141 Å². The zero-order valence-electron chi connectivity index (χ0n) is 13.2. The number of para-hydroxylation sites is 1. The summed E-state index contributed by atoms with van der Waals surface area (Å²) in [5.41, 5.74) is 3.32. The molecule has 3 rings (SSSR count). The predicted octanol–water partition coefficient (Wildman–Crippen LogP) is 4.39. The number of hydrogen-bond donors (Lipinski definition) is 2. The summed E-state index contributed by atoms with van der Waals surface area (Å²) in [6.07, 6.45) is 5.65. The molecule has 0 saturated carbocycles. The van der Waals surface area contributed by atoms with Gasteiger partial charge in [-0.3, -0.25) is 4.79 Å². The number of carboxylic acid groups (broad SMARTS) is 1. The number of hydrogen-bond acceptors (Lipinski definition) is 2. The third-order valence-corrected chi connectivity index (χ3v) is 4.10.